The maximum atomic E-state index is 13.9. The average molecular weight is 261 g/mol. The van der Waals surface area contributed by atoms with Crippen LogP contribution in [0.3, 0.4) is 0 Å². The SMILES string of the molecule is Cc1ccc(C(=O)N2CCC3CCCCC32)c(F)c1. The van der Waals surface area contributed by atoms with Crippen molar-refractivity contribution < 1.29 is 9.18 Å². The minimum atomic E-state index is -0.385. The highest BCUT2D eigenvalue weighted by Crippen LogP contribution is 2.37. The molecule has 1 aromatic carbocycles. The first-order chi connectivity index (χ1) is 9.16. The number of amides is 1. The van der Waals surface area contributed by atoms with Crippen LogP contribution in [0.4, 0.5) is 4.39 Å². The minimum absolute atomic E-state index is 0.119. The van der Waals surface area contributed by atoms with Crippen LogP contribution in [0.25, 0.3) is 0 Å². The molecule has 1 aliphatic carbocycles. The second kappa shape index (κ2) is 4.95. The minimum Gasteiger partial charge on any atom is -0.335 e. The summed E-state index contributed by atoms with van der Waals surface area (Å²) in [6, 6.07) is 5.23. The van der Waals surface area contributed by atoms with Crippen LogP contribution in [0, 0.1) is 18.7 Å². The summed E-state index contributed by atoms with van der Waals surface area (Å²) in [6.07, 6.45) is 5.88. The Hall–Kier alpha value is -1.38. The van der Waals surface area contributed by atoms with Crippen molar-refractivity contribution in [1.29, 1.82) is 0 Å². The zero-order valence-electron chi connectivity index (χ0n) is 11.4. The molecule has 1 saturated heterocycles. The number of rotatable bonds is 1. The van der Waals surface area contributed by atoms with E-state index in [-0.39, 0.29) is 17.3 Å². The molecule has 0 N–H and O–H groups in total. The lowest BCUT2D eigenvalue weighted by atomic mass is 9.85. The number of hydrogen-bond donors (Lipinski definition) is 0. The molecule has 3 heteroatoms. The van der Waals surface area contributed by atoms with Crippen LogP contribution in [0.2, 0.25) is 0 Å². The summed E-state index contributed by atoms with van der Waals surface area (Å²) in [5, 5.41) is 0. The maximum absolute atomic E-state index is 13.9. The molecule has 2 unspecified atom stereocenters. The largest absolute Gasteiger partial charge is 0.335 e. The smallest absolute Gasteiger partial charge is 0.257 e. The number of hydrogen-bond acceptors (Lipinski definition) is 1. The quantitative estimate of drug-likeness (QED) is 0.757. The van der Waals surface area contributed by atoms with Gasteiger partial charge >= 0.3 is 0 Å². The lowest BCUT2D eigenvalue weighted by molar-refractivity contribution is 0.0685. The van der Waals surface area contributed by atoms with Gasteiger partial charge < -0.3 is 4.90 Å². The topological polar surface area (TPSA) is 20.3 Å². The van der Waals surface area contributed by atoms with Crippen molar-refractivity contribution in [3.8, 4) is 0 Å². The van der Waals surface area contributed by atoms with Gasteiger partial charge in [0, 0.05) is 12.6 Å². The molecule has 2 atom stereocenters. The normalized spacial score (nSPS) is 26.3. The van der Waals surface area contributed by atoms with E-state index in [1.165, 1.54) is 25.3 Å². The number of fused-ring (bicyclic) bond motifs is 1. The average Bonchev–Trinajstić information content (AvgIpc) is 2.82. The predicted octanol–water partition coefficient (Wildman–Crippen LogP) is 3.54. The summed E-state index contributed by atoms with van der Waals surface area (Å²) in [6.45, 7) is 2.63. The van der Waals surface area contributed by atoms with Gasteiger partial charge in [0.05, 0.1) is 5.56 Å². The highest BCUT2D eigenvalue weighted by atomic mass is 19.1. The Morgan fingerprint density at radius 2 is 2.05 bits per heavy atom. The third-order valence-electron chi connectivity index (χ3n) is 4.63. The van der Waals surface area contributed by atoms with Crippen molar-refractivity contribution in [2.45, 2.75) is 45.1 Å². The summed E-state index contributed by atoms with van der Waals surface area (Å²) < 4.78 is 13.9. The Morgan fingerprint density at radius 1 is 1.26 bits per heavy atom. The van der Waals surface area contributed by atoms with Gasteiger partial charge in [0.15, 0.2) is 0 Å². The van der Waals surface area contributed by atoms with Crippen molar-refractivity contribution in [1.82, 2.24) is 4.90 Å². The van der Waals surface area contributed by atoms with Crippen molar-refractivity contribution in [2.75, 3.05) is 6.54 Å². The van der Waals surface area contributed by atoms with Crippen molar-refractivity contribution >= 4 is 5.91 Å². The molecule has 0 spiro atoms. The van der Waals surface area contributed by atoms with Crippen LogP contribution in [0.15, 0.2) is 18.2 Å². The Kier molecular flexibility index (Phi) is 3.29. The van der Waals surface area contributed by atoms with E-state index in [2.05, 4.69) is 0 Å². The number of aryl methyl sites for hydroxylation is 1. The third kappa shape index (κ3) is 2.26. The number of carbonyl (C=O) groups is 1. The van der Waals surface area contributed by atoms with Gasteiger partial charge in [0.1, 0.15) is 5.82 Å². The van der Waals surface area contributed by atoms with Gasteiger partial charge in [0.25, 0.3) is 5.91 Å². The second-order valence-corrected chi connectivity index (χ2v) is 5.88. The molecular weight excluding hydrogens is 241 g/mol. The van der Waals surface area contributed by atoms with Crippen LogP contribution < -0.4 is 0 Å². The summed E-state index contributed by atoms with van der Waals surface area (Å²) in [5.74, 6) is 0.141. The zero-order chi connectivity index (χ0) is 13.4. The highest BCUT2D eigenvalue weighted by Gasteiger charge is 2.38. The van der Waals surface area contributed by atoms with E-state index in [4.69, 9.17) is 0 Å². The fraction of sp³-hybridized carbons (Fsp3) is 0.562. The number of nitrogens with zero attached hydrogens (tertiary/aromatic N) is 1. The number of likely N-dealkylation sites (tertiary alicyclic amines) is 1. The summed E-state index contributed by atoms with van der Waals surface area (Å²) in [7, 11) is 0. The van der Waals surface area contributed by atoms with Crippen molar-refractivity contribution in [3.05, 3.63) is 35.1 Å². The molecule has 0 bridgehead atoms. The first kappa shape index (κ1) is 12.6. The van der Waals surface area contributed by atoms with Crippen LogP contribution in [0.5, 0.6) is 0 Å². The Bertz CT molecular complexity index is 500. The van der Waals surface area contributed by atoms with E-state index in [1.54, 1.807) is 6.07 Å². The van der Waals surface area contributed by atoms with Crippen LogP contribution in [0.1, 0.15) is 48.0 Å². The molecule has 0 radical (unpaired) electrons. The molecule has 102 valence electrons. The lowest BCUT2D eigenvalue weighted by Crippen LogP contribution is -2.39. The van der Waals surface area contributed by atoms with Gasteiger partial charge in [-0.3, -0.25) is 4.79 Å². The maximum Gasteiger partial charge on any atom is 0.257 e. The second-order valence-electron chi connectivity index (χ2n) is 5.88. The van der Waals surface area contributed by atoms with Gasteiger partial charge in [-0.2, -0.15) is 0 Å². The van der Waals surface area contributed by atoms with Gasteiger partial charge in [-0.05, 0) is 49.8 Å². The van der Waals surface area contributed by atoms with Gasteiger partial charge in [-0.1, -0.05) is 18.9 Å². The Morgan fingerprint density at radius 3 is 2.84 bits per heavy atom. The Labute approximate surface area is 113 Å². The van der Waals surface area contributed by atoms with E-state index in [0.717, 1.165) is 24.9 Å². The molecule has 2 nitrogen and oxygen atoms in total. The predicted molar refractivity (Wildman–Crippen MR) is 72.5 cm³/mol. The lowest BCUT2D eigenvalue weighted by Gasteiger charge is -2.31. The Balaban J connectivity index is 1.83. The molecule has 2 fully saturated rings. The van der Waals surface area contributed by atoms with Crippen LogP contribution in [-0.4, -0.2) is 23.4 Å². The van der Waals surface area contributed by atoms with E-state index in [0.29, 0.717) is 12.0 Å². The fourth-order valence-electron chi connectivity index (χ4n) is 3.61. The molecule has 3 rings (SSSR count). The van der Waals surface area contributed by atoms with E-state index in [1.807, 2.05) is 17.9 Å². The summed E-state index contributed by atoms with van der Waals surface area (Å²) in [4.78, 5) is 14.4. The van der Waals surface area contributed by atoms with E-state index in [9.17, 15) is 9.18 Å². The molecule has 2 aliphatic rings. The number of carbonyl (C=O) groups excluding carboxylic acids is 1. The van der Waals surface area contributed by atoms with Gasteiger partial charge in [-0.15, -0.1) is 0 Å². The standard InChI is InChI=1S/C16H20FNO/c1-11-6-7-13(14(17)10-11)16(19)18-9-8-12-4-2-3-5-15(12)18/h6-7,10,12,15H,2-5,8-9H2,1H3. The number of benzene rings is 1. The molecule has 1 aliphatic heterocycles. The molecule has 1 heterocycles. The first-order valence-electron chi connectivity index (χ1n) is 7.24. The van der Waals surface area contributed by atoms with Crippen molar-refractivity contribution in [3.63, 3.8) is 0 Å². The third-order valence-corrected chi connectivity index (χ3v) is 4.63. The van der Waals surface area contributed by atoms with E-state index < -0.39 is 0 Å². The van der Waals surface area contributed by atoms with Crippen LogP contribution >= 0.6 is 0 Å². The molecule has 1 saturated carbocycles. The molecule has 0 aromatic heterocycles. The molecule has 19 heavy (non-hydrogen) atoms. The fourth-order valence-corrected chi connectivity index (χ4v) is 3.61. The number of halogens is 1. The van der Waals surface area contributed by atoms with Crippen molar-refractivity contribution in [2.24, 2.45) is 5.92 Å². The monoisotopic (exact) mass is 261 g/mol. The van der Waals surface area contributed by atoms with Gasteiger partial charge in [-0.25, -0.2) is 4.39 Å². The summed E-state index contributed by atoms with van der Waals surface area (Å²) in [5.41, 5.74) is 1.09. The molecular formula is C16H20FNO. The van der Waals surface area contributed by atoms with E-state index >= 15 is 0 Å². The van der Waals surface area contributed by atoms with Crippen LogP contribution in [-0.2, 0) is 0 Å². The first-order valence-corrected chi connectivity index (χ1v) is 7.24. The molecule has 1 amide bonds. The zero-order valence-corrected chi connectivity index (χ0v) is 11.4. The highest BCUT2D eigenvalue weighted by molar-refractivity contribution is 5.95. The summed E-state index contributed by atoms with van der Waals surface area (Å²) >= 11 is 0. The molecule has 1 aromatic rings. The van der Waals surface area contributed by atoms with Gasteiger partial charge in [0.2, 0.25) is 0 Å².